The molecule has 0 saturated heterocycles. The number of methoxy groups -OCH3 is 1. The van der Waals surface area contributed by atoms with Gasteiger partial charge in [-0.05, 0) is 19.9 Å². The van der Waals surface area contributed by atoms with Crippen molar-refractivity contribution in [3.8, 4) is 5.88 Å². The number of aliphatic imine (C=N–C) groups is 1. The quantitative estimate of drug-likeness (QED) is 0.894. The average Bonchev–Trinajstić information content (AvgIpc) is 2.44. The zero-order valence-corrected chi connectivity index (χ0v) is 13.5. The summed E-state index contributed by atoms with van der Waals surface area (Å²) in [7, 11) is 1.54. The first-order valence-corrected chi connectivity index (χ1v) is 7.49. The predicted molar refractivity (Wildman–Crippen MR) is 85.3 cm³/mol. The molecule has 2 heterocycles. The second kappa shape index (κ2) is 5.36. The summed E-state index contributed by atoms with van der Waals surface area (Å²) in [5.41, 5.74) is 12.3. The van der Waals surface area contributed by atoms with Crippen molar-refractivity contribution in [2.45, 2.75) is 31.1 Å². The van der Waals surface area contributed by atoms with E-state index in [2.05, 4.69) is 9.98 Å². The molecule has 1 unspecified atom stereocenters. The maximum Gasteiger partial charge on any atom is 0.218 e. The molecule has 0 bridgehead atoms. The van der Waals surface area contributed by atoms with Crippen molar-refractivity contribution in [2.24, 2.45) is 16.6 Å². The molecule has 4 N–H and O–H groups in total. The van der Waals surface area contributed by atoms with Gasteiger partial charge in [0, 0.05) is 11.5 Å². The van der Waals surface area contributed by atoms with Crippen molar-refractivity contribution in [1.29, 1.82) is 0 Å². The highest BCUT2D eigenvalue weighted by Gasteiger charge is 2.50. The smallest absolute Gasteiger partial charge is 0.218 e. The van der Waals surface area contributed by atoms with Crippen molar-refractivity contribution in [3.63, 3.8) is 0 Å². The van der Waals surface area contributed by atoms with Gasteiger partial charge in [0.1, 0.15) is 6.67 Å². The van der Waals surface area contributed by atoms with Gasteiger partial charge in [0.05, 0.1) is 29.3 Å². The van der Waals surface area contributed by atoms with Crippen LogP contribution in [0.3, 0.4) is 0 Å². The average molecular weight is 312 g/mol. The van der Waals surface area contributed by atoms with E-state index in [0.717, 1.165) is 5.56 Å². The van der Waals surface area contributed by atoms with Gasteiger partial charge in [-0.25, -0.2) is 9.37 Å². The molecule has 116 valence electrons. The van der Waals surface area contributed by atoms with Gasteiger partial charge in [-0.15, -0.1) is 0 Å². The van der Waals surface area contributed by atoms with E-state index in [0.29, 0.717) is 16.7 Å². The van der Waals surface area contributed by atoms with Crippen LogP contribution >= 0.6 is 11.8 Å². The zero-order valence-electron chi connectivity index (χ0n) is 12.7. The number of rotatable bonds is 3. The lowest BCUT2D eigenvalue weighted by Gasteiger charge is -2.46. The van der Waals surface area contributed by atoms with Crippen molar-refractivity contribution in [3.05, 3.63) is 17.8 Å². The largest absolute Gasteiger partial charge is 0.481 e. The number of ether oxygens (including phenoxy) is 1. The van der Waals surface area contributed by atoms with Gasteiger partial charge in [0.25, 0.3) is 0 Å². The fourth-order valence-corrected chi connectivity index (χ4v) is 3.87. The van der Waals surface area contributed by atoms with Crippen LogP contribution < -0.4 is 16.2 Å². The molecule has 1 aliphatic rings. The lowest BCUT2D eigenvalue weighted by molar-refractivity contribution is 0.219. The number of aromatic nitrogens is 1. The third kappa shape index (κ3) is 2.54. The van der Waals surface area contributed by atoms with Crippen LogP contribution in [0.4, 0.5) is 10.1 Å². The standard InChI is InChI=1S/C14H21FN4OS/c1-8-13(2,7-15)21-12(17)19-14(8,3)10-5-9(16)6-18-11(10)20-4/h5-6,8H,7,16H2,1-4H3,(H2,17,19)/t8?,13-,14+/m1/s1. The number of pyridine rings is 1. The number of nitrogens with zero attached hydrogens (tertiary/aromatic N) is 2. The van der Waals surface area contributed by atoms with Crippen molar-refractivity contribution in [2.75, 3.05) is 19.5 Å². The third-order valence-electron chi connectivity index (χ3n) is 4.32. The van der Waals surface area contributed by atoms with Gasteiger partial charge < -0.3 is 16.2 Å². The maximum absolute atomic E-state index is 13.6. The third-order valence-corrected chi connectivity index (χ3v) is 5.54. The van der Waals surface area contributed by atoms with Crippen LogP contribution in [0.2, 0.25) is 0 Å². The van der Waals surface area contributed by atoms with Crippen LogP contribution in [-0.2, 0) is 5.54 Å². The normalized spacial score (nSPS) is 32.6. The number of halogens is 1. The van der Waals surface area contributed by atoms with E-state index in [4.69, 9.17) is 16.2 Å². The lowest BCUT2D eigenvalue weighted by atomic mass is 9.74. The number of amidine groups is 1. The molecule has 0 aromatic carbocycles. The van der Waals surface area contributed by atoms with E-state index in [1.165, 1.54) is 25.1 Å². The molecule has 5 nitrogen and oxygen atoms in total. The van der Waals surface area contributed by atoms with E-state index in [1.807, 2.05) is 20.8 Å². The molecule has 3 atom stereocenters. The first kappa shape index (κ1) is 15.9. The van der Waals surface area contributed by atoms with Gasteiger partial charge in [0.15, 0.2) is 5.17 Å². The Morgan fingerprint density at radius 3 is 2.67 bits per heavy atom. The molecule has 0 fully saturated rings. The molecule has 2 rings (SSSR count). The van der Waals surface area contributed by atoms with Gasteiger partial charge in [0.2, 0.25) is 5.88 Å². The summed E-state index contributed by atoms with van der Waals surface area (Å²) in [5.74, 6) is 0.313. The van der Waals surface area contributed by atoms with Crippen molar-refractivity contribution in [1.82, 2.24) is 4.98 Å². The summed E-state index contributed by atoms with van der Waals surface area (Å²) < 4.78 is 18.3. The van der Waals surface area contributed by atoms with Crippen molar-refractivity contribution >= 4 is 22.6 Å². The van der Waals surface area contributed by atoms with Crippen LogP contribution in [0.25, 0.3) is 0 Å². The molecule has 1 aliphatic heterocycles. The Balaban J connectivity index is 2.64. The fraction of sp³-hybridized carbons (Fsp3) is 0.571. The Bertz CT molecular complexity index is 582. The van der Waals surface area contributed by atoms with Crippen molar-refractivity contribution < 1.29 is 9.13 Å². The molecule has 0 amide bonds. The van der Waals surface area contributed by atoms with Crippen LogP contribution in [0.15, 0.2) is 17.3 Å². The highest BCUT2D eigenvalue weighted by molar-refractivity contribution is 8.15. The first-order valence-electron chi connectivity index (χ1n) is 6.67. The number of nitrogen functional groups attached to an aromatic ring is 1. The lowest BCUT2D eigenvalue weighted by Crippen LogP contribution is -2.49. The Morgan fingerprint density at radius 2 is 2.10 bits per heavy atom. The molecule has 0 spiro atoms. The monoisotopic (exact) mass is 312 g/mol. The van der Waals surface area contributed by atoms with Crippen LogP contribution in [-0.4, -0.2) is 28.7 Å². The molecular weight excluding hydrogens is 291 g/mol. The number of anilines is 1. The molecule has 21 heavy (non-hydrogen) atoms. The zero-order chi connectivity index (χ0) is 15.8. The van der Waals surface area contributed by atoms with E-state index in [1.54, 1.807) is 6.07 Å². The molecule has 0 radical (unpaired) electrons. The minimum absolute atomic E-state index is 0.121. The molecule has 7 heteroatoms. The topological polar surface area (TPSA) is 86.5 Å². The van der Waals surface area contributed by atoms with E-state index in [9.17, 15) is 4.39 Å². The van der Waals surface area contributed by atoms with E-state index in [-0.39, 0.29) is 5.92 Å². The minimum Gasteiger partial charge on any atom is -0.481 e. The Hall–Kier alpha value is -1.50. The summed E-state index contributed by atoms with van der Waals surface area (Å²) >= 11 is 1.27. The molecule has 1 aromatic heterocycles. The summed E-state index contributed by atoms with van der Waals surface area (Å²) in [5, 5.41) is 0.361. The maximum atomic E-state index is 13.6. The van der Waals surface area contributed by atoms with Gasteiger partial charge in [-0.2, -0.15) is 0 Å². The summed E-state index contributed by atoms with van der Waals surface area (Å²) in [6, 6.07) is 1.77. The Labute approximate surface area is 128 Å². The minimum atomic E-state index is -0.746. The number of hydrogen-bond acceptors (Lipinski definition) is 6. The summed E-state index contributed by atoms with van der Waals surface area (Å²) in [6.07, 6.45) is 1.52. The van der Waals surface area contributed by atoms with E-state index < -0.39 is 17.0 Å². The van der Waals surface area contributed by atoms with Gasteiger partial charge in [-0.3, -0.25) is 4.99 Å². The first-order chi connectivity index (χ1) is 9.76. The summed E-state index contributed by atoms with van der Waals surface area (Å²) in [6.45, 7) is 5.24. The molecular formula is C14H21FN4OS. The second-order valence-corrected chi connectivity index (χ2v) is 7.25. The van der Waals surface area contributed by atoms with Crippen LogP contribution in [0.1, 0.15) is 26.3 Å². The second-order valence-electron chi connectivity index (χ2n) is 5.69. The molecule has 1 aromatic rings. The fourth-order valence-electron chi connectivity index (χ4n) is 2.70. The number of thioether (sulfide) groups is 1. The number of hydrogen-bond donors (Lipinski definition) is 2. The van der Waals surface area contributed by atoms with Crippen LogP contribution in [0.5, 0.6) is 5.88 Å². The highest BCUT2D eigenvalue weighted by Crippen LogP contribution is 2.51. The number of nitrogens with two attached hydrogens (primary N) is 2. The Morgan fingerprint density at radius 1 is 1.43 bits per heavy atom. The van der Waals surface area contributed by atoms with E-state index >= 15 is 0 Å². The SMILES string of the molecule is COc1ncc(N)cc1[C@@]1(C)N=C(N)S[C@](C)(CF)C1C. The van der Waals surface area contributed by atoms with Crippen LogP contribution in [0, 0.1) is 5.92 Å². The molecule has 0 saturated carbocycles. The summed E-state index contributed by atoms with van der Waals surface area (Å²) in [4.78, 5) is 8.77. The highest BCUT2D eigenvalue weighted by atomic mass is 32.2. The Kier molecular flexibility index (Phi) is 4.06. The van der Waals surface area contributed by atoms with Gasteiger partial charge >= 0.3 is 0 Å². The molecule has 0 aliphatic carbocycles. The number of alkyl halides is 1. The van der Waals surface area contributed by atoms with Gasteiger partial charge in [-0.1, -0.05) is 18.7 Å². The predicted octanol–water partition coefficient (Wildman–Crippen LogP) is 2.31.